The van der Waals surface area contributed by atoms with E-state index in [2.05, 4.69) is 0 Å². The number of hydrogen-bond acceptors (Lipinski definition) is 6. The minimum absolute atomic E-state index is 0.155. The van der Waals surface area contributed by atoms with Crippen molar-refractivity contribution in [3.63, 3.8) is 0 Å². The van der Waals surface area contributed by atoms with Gasteiger partial charge < -0.3 is 9.64 Å². The maximum Gasteiger partial charge on any atom is 0.240 e. The summed E-state index contributed by atoms with van der Waals surface area (Å²) in [4.78, 5) is 45.2. The second-order valence-electron chi connectivity index (χ2n) is 8.50. The van der Waals surface area contributed by atoms with Crippen molar-refractivity contribution in [1.82, 2.24) is 4.90 Å². The quantitative estimate of drug-likeness (QED) is 0.388. The number of carbonyl (C=O) groups excluding carboxylic acids is 3. The van der Waals surface area contributed by atoms with E-state index in [4.69, 9.17) is 16.3 Å². The summed E-state index contributed by atoms with van der Waals surface area (Å²) in [5.74, 6) is -2.09. The van der Waals surface area contributed by atoms with E-state index in [1.165, 1.54) is 18.4 Å². The summed E-state index contributed by atoms with van der Waals surface area (Å²) in [6, 6.07) is 15.0. The average molecular weight is 491 g/mol. The van der Waals surface area contributed by atoms with Crippen LogP contribution in [0.4, 0.5) is 5.69 Å². The average Bonchev–Trinajstić information content (AvgIpc) is 3.55. The Morgan fingerprint density at radius 2 is 1.82 bits per heavy atom. The first-order valence-corrected chi connectivity index (χ1v) is 12.1. The van der Waals surface area contributed by atoms with E-state index < -0.39 is 29.8 Å². The van der Waals surface area contributed by atoms with Gasteiger partial charge in [-0.2, -0.15) is 0 Å². The van der Waals surface area contributed by atoms with Crippen LogP contribution in [0.3, 0.4) is 0 Å². The molecule has 6 rings (SSSR count). The Bertz CT molecular complexity index is 1370. The molecule has 0 N–H and O–H groups in total. The molecule has 0 aliphatic carbocycles. The van der Waals surface area contributed by atoms with Gasteiger partial charge in [-0.25, -0.2) is 4.90 Å². The van der Waals surface area contributed by atoms with E-state index in [1.807, 2.05) is 52.9 Å². The highest BCUT2D eigenvalue weighted by molar-refractivity contribution is 7.12. The van der Waals surface area contributed by atoms with Crippen LogP contribution in [0.15, 0.2) is 66.2 Å². The number of methoxy groups -OCH3 is 1. The number of carbonyl (C=O) groups is 3. The van der Waals surface area contributed by atoms with Crippen molar-refractivity contribution in [1.29, 1.82) is 0 Å². The molecule has 0 saturated carbocycles. The molecule has 4 atom stereocenters. The molecule has 1 aromatic heterocycles. The van der Waals surface area contributed by atoms with E-state index >= 15 is 0 Å². The second-order valence-corrected chi connectivity index (χ2v) is 9.89. The zero-order chi connectivity index (χ0) is 23.6. The van der Waals surface area contributed by atoms with Crippen molar-refractivity contribution in [2.24, 2.45) is 11.8 Å². The number of hydrogen-bond donors (Lipinski definition) is 0. The Kier molecular flexibility index (Phi) is 4.86. The lowest BCUT2D eigenvalue weighted by molar-refractivity contribution is -0.123. The van der Waals surface area contributed by atoms with Gasteiger partial charge in [-0.1, -0.05) is 41.9 Å². The summed E-state index contributed by atoms with van der Waals surface area (Å²) in [7, 11) is 1.48. The van der Waals surface area contributed by atoms with E-state index in [9.17, 15) is 14.4 Å². The molecule has 3 aliphatic heterocycles. The van der Waals surface area contributed by atoms with Crippen LogP contribution in [-0.4, -0.2) is 35.6 Å². The molecule has 2 amide bonds. The van der Waals surface area contributed by atoms with Gasteiger partial charge in [0.2, 0.25) is 11.8 Å². The van der Waals surface area contributed by atoms with Gasteiger partial charge in [0.25, 0.3) is 0 Å². The number of ether oxygens (including phenoxy) is 1. The standard InChI is InChI=1S/C26H19ClN2O4S/c1-33-18-9-8-15(27)13-17(18)29-25(31)20-21(26(29)32)23(24(30)19-7-4-12-34-19)28-11-10-14-5-2-3-6-16(14)22(20)28/h2-13,20-23H,1H3/t20-,21+,22-,23+/m0/s1. The molecule has 0 bridgehead atoms. The fourth-order valence-corrected chi connectivity index (χ4v) is 6.36. The number of imide groups is 1. The molecule has 8 heteroatoms. The summed E-state index contributed by atoms with van der Waals surface area (Å²) in [6.45, 7) is 0. The molecule has 0 radical (unpaired) electrons. The van der Waals surface area contributed by atoms with Crippen LogP contribution >= 0.6 is 22.9 Å². The summed E-state index contributed by atoms with van der Waals surface area (Å²) in [5.41, 5.74) is 2.21. The number of Topliss-reactive ketones (excluding diaryl/α,β-unsaturated/α-hetero) is 1. The Hall–Kier alpha value is -3.42. The number of nitrogens with zero attached hydrogens (tertiary/aromatic N) is 2. The lowest BCUT2D eigenvalue weighted by atomic mass is 9.84. The van der Waals surface area contributed by atoms with E-state index in [0.29, 0.717) is 21.3 Å². The van der Waals surface area contributed by atoms with E-state index in [-0.39, 0.29) is 11.7 Å². The Balaban J connectivity index is 1.52. The lowest BCUT2D eigenvalue weighted by Gasteiger charge is -2.35. The van der Waals surface area contributed by atoms with Gasteiger partial charge in [0, 0.05) is 11.2 Å². The topological polar surface area (TPSA) is 66.9 Å². The largest absolute Gasteiger partial charge is 0.495 e. The summed E-state index contributed by atoms with van der Waals surface area (Å²) >= 11 is 7.55. The Labute approximate surface area is 205 Å². The molecule has 6 nitrogen and oxygen atoms in total. The molecule has 0 spiro atoms. The number of rotatable bonds is 4. The van der Waals surface area contributed by atoms with Crippen molar-refractivity contribution in [2.75, 3.05) is 12.0 Å². The third-order valence-electron chi connectivity index (χ3n) is 6.88. The maximum absolute atomic E-state index is 13.9. The predicted octanol–water partition coefficient (Wildman–Crippen LogP) is 4.81. The van der Waals surface area contributed by atoms with Gasteiger partial charge >= 0.3 is 0 Å². The number of benzene rings is 2. The minimum atomic E-state index is -0.827. The highest BCUT2D eigenvalue weighted by Crippen LogP contribution is 2.54. The number of ketones is 1. The van der Waals surface area contributed by atoms with Crippen LogP contribution in [0.1, 0.15) is 26.8 Å². The van der Waals surface area contributed by atoms with Crippen LogP contribution in [0, 0.1) is 11.8 Å². The number of amides is 2. The smallest absolute Gasteiger partial charge is 0.240 e. The van der Waals surface area contributed by atoms with Crippen molar-refractivity contribution in [3.8, 4) is 5.75 Å². The third-order valence-corrected chi connectivity index (χ3v) is 8.00. The SMILES string of the molecule is COc1ccc(Cl)cc1N1C(=O)[C@@H]2[C@H](C1=O)[C@@H]1c3ccccc3C=CN1[C@H]2C(=O)c1cccs1. The monoisotopic (exact) mass is 490 g/mol. The fourth-order valence-electron chi connectivity index (χ4n) is 5.50. The van der Waals surface area contributed by atoms with Crippen LogP contribution in [-0.2, 0) is 9.59 Å². The number of thiophene rings is 1. The van der Waals surface area contributed by atoms with Gasteiger partial charge in [0.15, 0.2) is 5.78 Å². The molecule has 3 aromatic rings. The third kappa shape index (κ3) is 2.90. The first-order chi connectivity index (χ1) is 16.5. The van der Waals surface area contributed by atoms with Gasteiger partial charge in [0.05, 0.1) is 35.6 Å². The zero-order valence-electron chi connectivity index (χ0n) is 18.1. The molecule has 170 valence electrons. The fraction of sp³-hybridized carbons (Fsp3) is 0.192. The molecule has 2 fully saturated rings. The number of halogens is 1. The highest BCUT2D eigenvalue weighted by Gasteiger charge is 2.64. The van der Waals surface area contributed by atoms with Crippen LogP contribution in [0.25, 0.3) is 6.08 Å². The molecule has 3 aliphatic rings. The van der Waals surface area contributed by atoms with Gasteiger partial charge in [-0.05, 0) is 46.8 Å². The van der Waals surface area contributed by atoms with Gasteiger partial charge in [-0.15, -0.1) is 11.3 Å². The van der Waals surface area contributed by atoms with Crippen molar-refractivity contribution in [3.05, 3.63) is 87.2 Å². The molecule has 2 saturated heterocycles. The van der Waals surface area contributed by atoms with Gasteiger partial charge in [0.1, 0.15) is 11.8 Å². The van der Waals surface area contributed by atoms with Crippen LogP contribution < -0.4 is 9.64 Å². The van der Waals surface area contributed by atoms with E-state index in [0.717, 1.165) is 16.0 Å². The Morgan fingerprint density at radius 1 is 1.03 bits per heavy atom. The van der Waals surface area contributed by atoms with Crippen LogP contribution in [0.2, 0.25) is 5.02 Å². The predicted molar refractivity (Wildman–Crippen MR) is 130 cm³/mol. The highest BCUT2D eigenvalue weighted by atomic mass is 35.5. The second kappa shape index (κ2) is 7.82. The number of anilines is 1. The Morgan fingerprint density at radius 3 is 2.59 bits per heavy atom. The maximum atomic E-state index is 13.9. The molecule has 4 heterocycles. The minimum Gasteiger partial charge on any atom is -0.495 e. The van der Waals surface area contributed by atoms with Crippen molar-refractivity contribution in [2.45, 2.75) is 12.1 Å². The first-order valence-electron chi connectivity index (χ1n) is 10.8. The molecule has 0 unspecified atom stereocenters. The molecule has 2 aromatic carbocycles. The normalized spacial score (nSPS) is 24.8. The van der Waals surface area contributed by atoms with Crippen molar-refractivity contribution < 1.29 is 19.1 Å². The van der Waals surface area contributed by atoms with Gasteiger partial charge in [-0.3, -0.25) is 14.4 Å². The number of fused-ring (bicyclic) bond motifs is 5. The van der Waals surface area contributed by atoms with E-state index in [1.54, 1.807) is 24.3 Å². The zero-order valence-corrected chi connectivity index (χ0v) is 19.6. The summed E-state index contributed by atoms with van der Waals surface area (Å²) in [6.07, 6.45) is 3.79. The molecule has 34 heavy (non-hydrogen) atoms. The molecular weight excluding hydrogens is 472 g/mol. The van der Waals surface area contributed by atoms with Crippen molar-refractivity contribution >= 4 is 52.3 Å². The lowest BCUT2D eigenvalue weighted by Crippen LogP contribution is -2.44. The summed E-state index contributed by atoms with van der Waals surface area (Å²) < 4.78 is 5.44. The van der Waals surface area contributed by atoms with Crippen LogP contribution in [0.5, 0.6) is 5.75 Å². The summed E-state index contributed by atoms with van der Waals surface area (Å²) in [5, 5.41) is 2.22. The first kappa shape index (κ1) is 21.1. The molecular formula is C26H19ClN2O4S.